The minimum absolute atomic E-state index is 0.148. The second-order valence-electron chi connectivity index (χ2n) is 5.81. The second-order valence-corrected chi connectivity index (χ2v) is 5.81. The Hall–Kier alpha value is -1.74. The molecule has 3 unspecified atom stereocenters. The Kier molecular flexibility index (Phi) is 3.77. The summed E-state index contributed by atoms with van der Waals surface area (Å²) in [4.78, 5) is 0. The van der Waals surface area contributed by atoms with Crippen LogP contribution in [0.25, 0.3) is 0 Å². The highest BCUT2D eigenvalue weighted by Gasteiger charge is 2.44. The predicted octanol–water partition coefficient (Wildman–Crippen LogP) is 4.34. The summed E-state index contributed by atoms with van der Waals surface area (Å²) in [5, 5.41) is 3.16. The Labute approximate surface area is 124 Å². The van der Waals surface area contributed by atoms with Crippen molar-refractivity contribution in [3.05, 3.63) is 70.8 Å². The van der Waals surface area contributed by atoms with Gasteiger partial charge in [0.15, 0.2) is 0 Å². The number of hydrogen-bond donors (Lipinski definition) is 1. The molecule has 3 rings (SSSR count). The average molecular weight is 287 g/mol. The van der Waals surface area contributed by atoms with Gasteiger partial charge in [-0.1, -0.05) is 30.3 Å². The number of hydrogen-bond acceptors (Lipinski definition) is 1. The Bertz CT molecular complexity index is 639. The molecule has 0 aliphatic heterocycles. The Morgan fingerprint density at radius 3 is 2.48 bits per heavy atom. The fourth-order valence-corrected chi connectivity index (χ4v) is 3.17. The lowest BCUT2D eigenvalue weighted by atomic mass is 9.97. The average Bonchev–Trinajstić information content (AvgIpc) is 3.26. The SMILES string of the molecule is CNC(c1cc(F)c(C)cc1F)C1CC1c1ccccc1. The molecule has 0 saturated heterocycles. The first kappa shape index (κ1) is 14.2. The molecule has 110 valence electrons. The normalized spacial score (nSPS) is 22.1. The van der Waals surface area contributed by atoms with E-state index in [1.807, 2.05) is 25.2 Å². The molecule has 1 aliphatic carbocycles. The molecule has 3 atom stereocenters. The number of halogens is 2. The van der Waals surface area contributed by atoms with E-state index < -0.39 is 0 Å². The van der Waals surface area contributed by atoms with Crippen LogP contribution in [0.5, 0.6) is 0 Å². The van der Waals surface area contributed by atoms with Crippen LogP contribution in [0.2, 0.25) is 0 Å². The van der Waals surface area contributed by atoms with Gasteiger partial charge in [0, 0.05) is 11.6 Å². The van der Waals surface area contributed by atoms with E-state index in [4.69, 9.17) is 0 Å². The van der Waals surface area contributed by atoms with Crippen molar-refractivity contribution in [2.24, 2.45) is 5.92 Å². The quantitative estimate of drug-likeness (QED) is 0.882. The highest BCUT2D eigenvalue weighted by Crippen LogP contribution is 2.54. The van der Waals surface area contributed by atoms with E-state index in [2.05, 4.69) is 17.4 Å². The molecular formula is C18H19F2N. The maximum atomic E-state index is 14.2. The molecule has 1 N–H and O–H groups in total. The summed E-state index contributed by atoms with van der Waals surface area (Å²) in [6, 6.07) is 12.7. The van der Waals surface area contributed by atoms with Gasteiger partial charge in [-0.15, -0.1) is 0 Å². The monoisotopic (exact) mass is 287 g/mol. The van der Waals surface area contributed by atoms with Crippen molar-refractivity contribution >= 4 is 0 Å². The van der Waals surface area contributed by atoms with Gasteiger partial charge in [0.2, 0.25) is 0 Å². The third kappa shape index (κ3) is 2.70. The highest BCUT2D eigenvalue weighted by atomic mass is 19.1. The van der Waals surface area contributed by atoms with Crippen LogP contribution in [0.1, 0.15) is 35.1 Å². The van der Waals surface area contributed by atoms with Crippen LogP contribution in [-0.4, -0.2) is 7.05 Å². The topological polar surface area (TPSA) is 12.0 Å². The van der Waals surface area contributed by atoms with Gasteiger partial charge in [0.1, 0.15) is 11.6 Å². The van der Waals surface area contributed by atoms with Gasteiger partial charge in [-0.3, -0.25) is 0 Å². The number of rotatable bonds is 4. The second kappa shape index (κ2) is 5.57. The smallest absolute Gasteiger partial charge is 0.128 e. The molecule has 3 heteroatoms. The molecule has 0 spiro atoms. The fraction of sp³-hybridized carbons (Fsp3) is 0.333. The molecule has 0 amide bonds. The van der Waals surface area contributed by atoms with E-state index in [9.17, 15) is 8.78 Å². The van der Waals surface area contributed by atoms with Gasteiger partial charge in [-0.05, 0) is 55.5 Å². The summed E-state index contributed by atoms with van der Waals surface area (Å²) in [6.07, 6.45) is 1.00. The molecule has 0 radical (unpaired) electrons. The van der Waals surface area contributed by atoms with Crippen molar-refractivity contribution in [2.45, 2.75) is 25.3 Å². The number of nitrogens with one attached hydrogen (secondary N) is 1. The maximum Gasteiger partial charge on any atom is 0.128 e. The first-order valence-electron chi connectivity index (χ1n) is 7.29. The zero-order valence-corrected chi connectivity index (χ0v) is 12.2. The standard InChI is InChI=1S/C18H19F2N/c1-11-8-17(20)15(10-16(11)19)18(21-2)14-9-13(14)12-6-4-3-5-7-12/h3-8,10,13-14,18,21H,9H2,1-2H3. The van der Waals surface area contributed by atoms with Gasteiger partial charge in [-0.25, -0.2) is 8.78 Å². The summed E-state index contributed by atoms with van der Waals surface area (Å²) in [7, 11) is 1.81. The van der Waals surface area contributed by atoms with Gasteiger partial charge >= 0.3 is 0 Å². The molecule has 1 aliphatic rings. The third-order valence-corrected chi connectivity index (χ3v) is 4.42. The highest BCUT2D eigenvalue weighted by molar-refractivity contribution is 5.33. The summed E-state index contributed by atoms with van der Waals surface area (Å²) in [5.74, 6) is 0.0666. The summed E-state index contributed by atoms with van der Waals surface area (Å²) in [6.45, 7) is 1.58. The van der Waals surface area contributed by atoms with Crippen LogP contribution >= 0.6 is 0 Å². The lowest BCUT2D eigenvalue weighted by Gasteiger charge is -2.18. The summed E-state index contributed by atoms with van der Waals surface area (Å²) < 4.78 is 27.9. The number of benzene rings is 2. The molecular weight excluding hydrogens is 268 g/mol. The van der Waals surface area contributed by atoms with E-state index in [-0.39, 0.29) is 17.7 Å². The summed E-state index contributed by atoms with van der Waals surface area (Å²) in [5.41, 5.74) is 2.06. The fourth-order valence-electron chi connectivity index (χ4n) is 3.17. The minimum Gasteiger partial charge on any atom is -0.313 e. The van der Waals surface area contributed by atoms with Crippen molar-refractivity contribution < 1.29 is 8.78 Å². The molecule has 2 aromatic carbocycles. The van der Waals surface area contributed by atoms with E-state index in [0.717, 1.165) is 6.42 Å². The van der Waals surface area contributed by atoms with Crippen LogP contribution in [0.15, 0.2) is 42.5 Å². The van der Waals surface area contributed by atoms with Crippen LogP contribution in [0, 0.1) is 24.5 Å². The molecule has 1 saturated carbocycles. The molecule has 0 bridgehead atoms. The predicted molar refractivity (Wildman–Crippen MR) is 80.2 cm³/mol. The van der Waals surface area contributed by atoms with Crippen LogP contribution in [0.4, 0.5) is 8.78 Å². The Balaban J connectivity index is 1.86. The van der Waals surface area contributed by atoms with Crippen LogP contribution in [0.3, 0.4) is 0 Å². The molecule has 2 aromatic rings. The lowest BCUT2D eigenvalue weighted by molar-refractivity contribution is 0.477. The van der Waals surface area contributed by atoms with Crippen molar-refractivity contribution in [3.8, 4) is 0 Å². The molecule has 0 aromatic heterocycles. The van der Waals surface area contributed by atoms with Crippen molar-refractivity contribution in [1.82, 2.24) is 5.32 Å². The molecule has 1 fully saturated rings. The van der Waals surface area contributed by atoms with Gasteiger partial charge in [0.25, 0.3) is 0 Å². The van der Waals surface area contributed by atoms with Crippen molar-refractivity contribution in [1.29, 1.82) is 0 Å². The lowest BCUT2D eigenvalue weighted by Crippen LogP contribution is -2.20. The zero-order chi connectivity index (χ0) is 15.0. The van der Waals surface area contributed by atoms with Crippen LogP contribution < -0.4 is 5.32 Å². The first-order chi connectivity index (χ1) is 10.1. The largest absolute Gasteiger partial charge is 0.313 e. The van der Waals surface area contributed by atoms with E-state index >= 15 is 0 Å². The Morgan fingerprint density at radius 1 is 1.10 bits per heavy atom. The van der Waals surface area contributed by atoms with Gasteiger partial charge in [-0.2, -0.15) is 0 Å². The van der Waals surface area contributed by atoms with Gasteiger partial charge < -0.3 is 5.32 Å². The third-order valence-electron chi connectivity index (χ3n) is 4.42. The number of aryl methyl sites for hydroxylation is 1. The first-order valence-corrected chi connectivity index (χ1v) is 7.29. The zero-order valence-electron chi connectivity index (χ0n) is 12.2. The molecule has 1 nitrogen and oxygen atoms in total. The maximum absolute atomic E-state index is 14.2. The van der Waals surface area contributed by atoms with Gasteiger partial charge in [0.05, 0.1) is 0 Å². The molecule has 0 heterocycles. The van der Waals surface area contributed by atoms with E-state index in [1.54, 1.807) is 6.92 Å². The van der Waals surface area contributed by atoms with E-state index in [0.29, 0.717) is 23.0 Å². The van der Waals surface area contributed by atoms with E-state index in [1.165, 1.54) is 17.7 Å². The molecule has 21 heavy (non-hydrogen) atoms. The van der Waals surface area contributed by atoms with Crippen LogP contribution in [-0.2, 0) is 0 Å². The Morgan fingerprint density at radius 2 is 1.81 bits per heavy atom. The van der Waals surface area contributed by atoms with Crippen molar-refractivity contribution in [2.75, 3.05) is 7.05 Å². The van der Waals surface area contributed by atoms with Crippen molar-refractivity contribution in [3.63, 3.8) is 0 Å². The minimum atomic E-state index is -0.344. The summed E-state index contributed by atoms with van der Waals surface area (Å²) >= 11 is 0.